The van der Waals surface area contributed by atoms with Gasteiger partial charge in [-0.3, -0.25) is 19.0 Å². The predicted octanol–water partition coefficient (Wildman–Crippen LogP) is 3.07. The van der Waals surface area contributed by atoms with Crippen LogP contribution in [0.15, 0.2) is 64.1 Å². The van der Waals surface area contributed by atoms with Gasteiger partial charge in [0.05, 0.1) is 5.52 Å². The third-order valence-corrected chi connectivity index (χ3v) is 4.52. The van der Waals surface area contributed by atoms with Gasteiger partial charge in [0.1, 0.15) is 17.2 Å². The van der Waals surface area contributed by atoms with Gasteiger partial charge in [-0.1, -0.05) is 12.1 Å². The lowest BCUT2D eigenvalue weighted by atomic mass is 10.1. The van der Waals surface area contributed by atoms with Gasteiger partial charge in [0.2, 0.25) is 0 Å². The molecule has 1 aromatic carbocycles. The lowest BCUT2D eigenvalue weighted by molar-refractivity contribution is 0.0945. The monoisotopic (exact) mass is 426 g/mol. The first-order chi connectivity index (χ1) is 13.0. The van der Waals surface area contributed by atoms with E-state index in [1.165, 1.54) is 4.40 Å². The van der Waals surface area contributed by atoms with E-state index in [9.17, 15) is 14.0 Å². The Morgan fingerprint density at radius 2 is 2.07 bits per heavy atom. The molecule has 0 aliphatic heterocycles. The molecule has 0 saturated carbocycles. The SMILES string of the molecule is O=C(NCc1ccc2ncc(Br)cc2c1F)c1cc(=O)n2ccccc2n1. The van der Waals surface area contributed by atoms with Crippen LogP contribution in [0.25, 0.3) is 16.6 Å². The molecule has 0 radical (unpaired) electrons. The van der Waals surface area contributed by atoms with Crippen molar-refractivity contribution >= 4 is 38.4 Å². The zero-order valence-electron chi connectivity index (χ0n) is 13.8. The third kappa shape index (κ3) is 3.31. The number of fused-ring (bicyclic) bond motifs is 2. The molecule has 0 aliphatic rings. The largest absolute Gasteiger partial charge is 0.347 e. The van der Waals surface area contributed by atoms with Crippen LogP contribution in [0.5, 0.6) is 0 Å². The topological polar surface area (TPSA) is 76.4 Å². The molecule has 0 atom stereocenters. The Kier molecular flexibility index (Phi) is 4.41. The van der Waals surface area contributed by atoms with Crippen molar-refractivity contribution < 1.29 is 9.18 Å². The molecule has 0 spiro atoms. The minimum atomic E-state index is -0.551. The van der Waals surface area contributed by atoms with E-state index in [1.54, 1.807) is 48.8 Å². The second kappa shape index (κ2) is 6.88. The molecular formula is C19H12BrFN4O2. The summed E-state index contributed by atoms with van der Waals surface area (Å²) in [4.78, 5) is 32.8. The molecule has 1 N–H and O–H groups in total. The molecular weight excluding hydrogens is 415 g/mol. The molecule has 8 heteroatoms. The highest BCUT2D eigenvalue weighted by molar-refractivity contribution is 9.10. The Bertz CT molecular complexity index is 1260. The maximum absolute atomic E-state index is 14.7. The third-order valence-electron chi connectivity index (χ3n) is 4.09. The number of amides is 1. The first kappa shape index (κ1) is 17.3. The summed E-state index contributed by atoms with van der Waals surface area (Å²) in [5, 5.41) is 2.97. The fourth-order valence-electron chi connectivity index (χ4n) is 2.76. The number of hydrogen-bond acceptors (Lipinski definition) is 4. The molecule has 3 heterocycles. The molecule has 27 heavy (non-hydrogen) atoms. The summed E-state index contributed by atoms with van der Waals surface area (Å²) in [7, 11) is 0. The van der Waals surface area contributed by atoms with Crippen LogP contribution in [0.3, 0.4) is 0 Å². The van der Waals surface area contributed by atoms with E-state index in [4.69, 9.17) is 0 Å². The van der Waals surface area contributed by atoms with Gasteiger partial charge < -0.3 is 5.32 Å². The Morgan fingerprint density at radius 1 is 1.22 bits per heavy atom. The molecule has 6 nitrogen and oxygen atoms in total. The van der Waals surface area contributed by atoms with Crippen molar-refractivity contribution in [3.63, 3.8) is 0 Å². The van der Waals surface area contributed by atoms with Gasteiger partial charge in [-0.25, -0.2) is 9.37 Å². The average Bonchev–Trinajstić information content (AvgIpc) is 2.67. The molecule has 0 unspecified atom stereocenters. The van der Waals surface area contributed by atoms with E-state index in [1.807, 2.05) is 0 Å². The van der Waals surface area contributed by atoms with Gasteiger partial charge in [-0.2, -0.15) is 0 Å². The molecule has 0 bridgehead atoms. The summed E-state index contributed by atoms with van der Waals surface area (Å²) >= 11 is 3.27. The van der Waals surface area contributed by atoms with Gasteiger partial charge in [0.25, 0.3) is 11.5 Å². The first-order valence-electron chi connectivity index (χ1n) is 8.02. The number of carbonyl (C=O) groups excluding carboxylic acids is 1. The number of benzene rings is 1. The second-order valence-electron chi connectivity index (χ2n) is 5.85. The maximum atomic E-state index is 14.7. The zero-order chi connectivity index (χ0) is 19.0. The van der Waals surface area contributed by atoms with E-state index >= 15 is 0 Å². The highest BCUT2D eigenvalue weighted by Crippen LogP contribution is 2.22. The average molecular weight is 427 g/mol. The first-order valence-corrected chi connectivity index (χ1v) is 8.81. The van der Waals surface area contributed by atoms with Gasteiger partial charge in [0.15, 0.2) is 0 Å². The molecule has 4 rings (SSSR count). The van der Waals surface area contributed by atoms with Crippen molar-refractivity contribution in [1.29, 1.82) is 0 Å². The van der Waals surface area contributed by atoms with E-state index in [-0.39, 0.29) is 17.8 Å². The van der Waals surface area contributed by atoms with Gasteiger partial charge in [-0.15, -0.1) is 0 Å². The van der Waals surface area contributed by atoms with Gasteiger partial charge in [-0.05, 0) is 40.2 Å². The number of aromatic nitrogens is 3. The Labute approximate surface area is 160 Å². The lowest BCUT2D eigenvalue weighted by Gasteiger charge is -2.09. The smallest absolute Gasteiger partial charge is 0.270 e. The van der Waals surface area contributed by atoms with Crippen LogP contribution in [0.2, 0.25) is 0 Å². The Morgan fingerprint density at radius 3 is 2.93 bits per heavy atom. The lowest BCUT2D eigenvalue weighted by Crippen LogP contribution is -2.27. The van der Waals surface area contributed by atoms with Crippen LogP contribution in [0, 0.1) is 5.82 Å². The standard InChI is InChI=1S/C19H12BrFN4O2/c20-12-7-13-14(22-10-12)5-4-11(18(13)21)9-23-19(27)15-8-17(26)25-6-2-1-3-16(25)24-15/h1-8,10H,9H2,(H,23,27). The summed E-state index contributed by atoms with van der Waals surface area (Å²) < 4.78 is 16.7. The predicted molar refractivity (Wildman–Crippen MR) is 102 cm³/mol. The van der Waals surface area contributed by atoms with Gasteiger partial charge >= 0.3 is 0 Å². The van der Waals surface area contributed by atoms with Crippen LogP contribution < -0.4 is 10.9 Å². The van der Waals surface area contributed by atoms with E-state index < -0.39 is 11.7 Å². The quantitative estimate of drug-likeness (QED) is 0.546. The van der Waals surface area contributed by atoms with Crippen LogP contribution in [-0.4, -0.2) is 20.3 Å². The van der Waals surface area contributed by atoms with Crippen LogP contribution in [0.4, 0.5) is 4.39 Å². The molecule has 134 valence electrons. The number of hydrogen-bond donors (Lipinski definition) is 1. The number of carbonyl (C=O) groups is 1. The van der Waals surface area contributed by atoms with Crippen LogP contribution in [0.1, 0.15) is 16.1 Å². The molecule has 0 fully saturated rings. The Hall–Kier alpha value is -3.13. The van der Waals surface area contributed by atoms with E-state index in [0.29, 0.717) is 26.6 Å². The van der Waals surface area contributed by atoms with Crippen molar-refractivity contribution in [2.45, 2.75) is 6.54 Å². The van der Waals surface area contributed by atoms with Crippen molar-refractivity contribution in [2.75, 3.05) is 0 Å². The fraction of sp³-hybridized carbons (Fsp3) is 0.0526. The summed E-state index contributed by atoms with van der Waals surface area (Å²) in [6.45, 7) is -0.0387. The molecule has 1 amide bonds. The summed E-state index contributed by atoms with van der Waals surface area (Å²) in [6, 6.07) is 11.1. The van der Waals surface area contributed by atoms with Crippen molar-refractivity contribution in [3.05, 3.63) is 86.8 Å². The summed E-state index contributed by atoms with van der Waals surface area (Å²) in [6.07, 6.45) is 3.16. The van der Waals surface area contributed by atoms with Crippen molar-refractivity contribution in [3.8, 4) is 0 Å². The normalized spacial score (nSPS) is 11.0. The van der Waals surface area contributed by atoms with Crippen molar-refractivity contribution in [1.82, 2.24) is 19.7 Å². The fourth-order valence-corrected chi connectivity index (χ4v) is 3.09. The second-order valence-corrected chi connectivity index (χ2v) is 6.77. The van der Waals surface area contributed by atoms with E-state index in [2.05, 4.69) is 31.2 Å². The van der Waals surface area contributed by atoms with E-state index in [0.717, 1.165) is 6.07 Å². The maximum Gasteiger partial charge on any atom is 0.270 e. The molecule has 4 aromatic rings. The number of rotatable bonds is 3. The van der Waals surface area contributed by atoms with Crippen LogP contribution >= 0.6 is 15.9 Å². The number of pyridine rings is 2. The Balaban J connectivity index is 1.60. The molecule has 0 saturated heterocycles. The minimum Gasteiger partial charge on any atom is -0.347 e. The zero-order valence-corrected chi connectivity index (χ0v) is 15.4. The molecule has 0 aliphatic carbocycles. The summed E-state index contributed by atoms with van der Waals surface area (Å²) in [5.41, 5.74) is 0.821. The highest BCUT2D eigenvalue weighted by Gasteiger charge is 2.13. The summed E-state index contributed by atoms with van der Waals surface area (Å²) in [5.74, 6) is -1.00. The molecule has 3 aromatic heterocycles. The number of nitrogens with one attached hydrogen (secondary N) is 1. The van der Waals surface area contributed by atoms with Crippen LogP contribution in [-0.2, 0) is 6.54 Å². The highest BCUT2D eigenvalue weighted by atomic mass is 79.9. The minimum absolute atomic E-state index is 0.0168. The van der Waals surface area contributed by atoms with Crippen molar-refractivity contribution in [2.24, 2.45) is 0 Å². The number of halogens is 2. The number of nitrogens with zero attached hydrogens (tertiary/aromatic N) is 3. The van der Waals surface area contributed by atoms with Gasteiger partial charge in [0, 0.05) is 40.4 Å².